The van der Waals surface area contributed by atoms with Gasteiger partial charge in [0.15, 0.2) is 5.17 Å². The van der Waals surface area contributed by atoms with Crippen LogP contribution in [0.3, 0.4) is 0 Å². The zero-order valence-corrected chi connectivity index (χ0v) is 12.9. The van der Waals surface area contributed by atoms with E-state index in [9.17, 15) is 9.59 Å². The third kappa shape index (κ3) is 4.08. The smallest absolute Gasteiger partial charge is 0.305 e. The largest absolute Gasteiger partial charge is 0.497 e. The summed E-state index contributed by atoms with van der Waals surface area (Å²) in [7, 11) is 1.58. The molecule has 0 radical (unpaired) electrons. The van der Waals surface area contributed by atoms with Gasteiger partial charge in [0.05, 0.1) is 19.2 Å². The minimum Gasteiger partial charge on any atom is -0.497 e. The van der Waals surface area contributed by atoms with Crippen molar-refractivity contribution in [2.24, 2.45) is 10.2 Å². The standard InChI is InChI=1S/C14H15N3O4S/c1-8(9-4-3-5-10(6-9)21-2)16-17-14-15-13(20)11(22-14)7-12(18)19/h3-6,11H,7H2,1-2H3,(H,18,19)(H,15,17,20)/t11-/m1/s1. The highest BCUT2D eigenvalue weighted by molar-refractivity contribution is 8.15. The fourth-order valence-corrected chi connectivity index (χ4v) is 2.68. The highest BCUT2D eigenvalue weighted by atomic mass is 32.2. The van der Waals surface area contributed by atoms with Gasteiger partial charge in [-0.25, -0.2) is 0 Å². The van der Waals surface area contributed by atoms with Gasteiger partial charge in [-0.2, -0.15) is 5.10 Å². The van der Waals surface area contributed by atoms with E-state index in [0.717, 1.165) is 17.3 Å². The van der Waals surface area contributed by atoms with E-state index >= 15 is 0 Å². The fourth-order valence-electron chi connectivity index (χ4n) is 1.77. The maximum Gasteiger partial charge on any atom is 0.305 e. The molecule has 0 bridgehead atoms. The zero-order chi connectivity index (χ0) is 16.1. The Hall–Kier alpha value is -2.35. The molecule has 0 aromatic heterocycles. The van der Waals surface area contributed by atoms with Crippen LogP contribution in [0.5, 0.6) is 5.75 Å². The number of carbonyl (C=O) groups excluding carboxylic acids is 1. The molecule has 1 amide bonds. The van der Waals surface area contributed by atoms with E-state index in [1.807, 2.05) is 24.3 Å². The first-order valence-corrected chi connectivity index (χ1v) is 7.33. The Labute approximate surface area is 131 Å². The van der Waals surface area contributed by atoms with Gasteiger partial charge in [-0.1, -0.05) is 23.9 Å². The fraction of sp³-hybridized carbons (Fsp3) is 0.286. The van der Waals surface area contributed by atoms with Gasteiger partial charge in [0, 0.05) is 5.56 Å². The second-order valence-electron chi connectivity index (χ2n) is 4.52. The molecule has 1 fully saturated rings. The SMILES string of the molecule is COc1cccc(C(C)=NN=C2NC(=O)[C@@H](CC(=O)O)S2)c1. The summed E-state index contributed by atoms with van der Waals surface area (Å²) < 4.78 is 5.14. The highest BCUT2D eigenvalue weighted by Gasteiger charge is 2.32. The molecule has 116 valence electrons. The summed E-state index contributed by atoms with van der Waals surface area (Å²) in [6, 6.07) is 7.36. The molecule has 0 aliphatic carbocycles. The number of nitrogens with one attached hydrogen (secondary N) is 1. The van der Waals surface area contributed by atoms with E-state index in [4.69, 9.17) is 9.84 Å². The van der Waals surface area contributed by atoms with E-state index in [1.165, 1.54) is 0 Å². The van der Waals surface area contributed by atoms with Crippen LogP contribution in [-0.4, -0.2) is 40.2 Å². The van der Waals surface area contributed by atoms with E-state index in [1.54, 1.807) is 14.0 Å². The number of amides is 1. The van der Waals surface area contributed by atoms with Crippen LogP contribution in [0.1, 0.15) is 18.9 Å². The minimum atomic E-state index is -1.02. The number of thioether (sulfide) groups is 1. The molecule has 2 rings (SSSR count). The number of hydrogen-bond acceptors (Lipinski definition) is 6. The Kier molecular flexibility index (Phi) is 5.16. The van der Waals surface area contributed by atoms with E-state index < -0.39 is 11.2 Å². The van der Waals surface area contributed by atoms with Crippen LogP contribution in [0, 0.1) is 0 Å². The summed E-state index contributed by atoms with van der Waals surface area (Å²) in [5.41, 5.74) is 1.50. The summed E-state index contributed by atoms with van der Waals surface area (Å²) in [6.45, 7) is 1.79. The van der Waals surface area contributed by atoms with Crippen molar-refractivity contribution in [3.05, 3.63) is 29.8 Å². The molecular weight excluding hydrogens is 306 g/mol. The Bertz CT molecular complexity index is 657. The number of carbonyl (C=O) groups is 2. The summed E-state index contributed by atoms with van der Waals surface area (Å²) in [6.07, 6.45) is -0.242. The molecule has 1 saturated heterocycles. The van der Waals surface area contributed by atoms with Crippen LogP contribution < -0.4 is 10.1 Å². The van der Waals surface area contributed by atoms with Crippen molar-refractivity contribution in [3.63, 3.8) is 0 Å². The Balaban J connectivity index is 2.09. The Morgan fingerprint density at radius 2 is 2.27 bits per heavy atom. The summed E-state index contributed by atoms with van der Waals surface area (Å²) >= 11 is 1.07. The summed E-state index contributed by atoms with van der Waals surface area (Å²) in [4.78, 5) is 22.2. The number of methoxy groups -OCH3 is 1. The highest BCUT2D eigenvalue weighted by Crippen LogP contribution is 2.22. The molecule has 1 aliphatic heterocycles. The average Bonchev–Trinajstić information content (AvgIpc) is 2.84. The normalized spacial score (nSPS) is 20.1. The lowest BCUT2D eigenvalue weighted by molar-refractivity contribution is -0.138. The third-order valence-electron chi connectivity index (χ3n) is 2.91. The Morgan fingerprint density at radius 1 is 1.50 bits per heavy atom. The molecule has 0 saturated carbocycles. The van der Waals surface area contributed by atoms with E-state index in [0.29, 0.717) is 16.6 Å². The lowest BCUT2D eigenvalue weighted by Gasteiger charge is -2.02. The van der Waals surface area contributed by atoms with Gasteiger partial charge in [0.2, 0.25) is 5.91 Å². The second kappa shape index (κ2) is 7.08. The number of nitrogens with zero attached hydrogens (tertiary/aromatic N) is 2. The molecule has 0 unspecified atom stereocenters. The average molecular weight is 321 g/mol. The molecule has 1 atom stereocenters. The first-order chi connectivity index (χ1) is 10.5. The Morgan fingerprint density at radius 3 is 2.95 bits per heavy atom. The molecule has 1 aromatic rings. The number of hydrogen-bond donors (Lipinski definition) is 2. The number of rotatable bonds is 5. The summed E-state index contributed by atoms with van der Waals surface area (Å²) in [5, 5.41) is 18.9. The quantitative estimate of drug-likeness (QED) is 0.632. The minimum absolute atomic E-state index is 0.242. The predicted molar refractivity (Wildman–Crippen MR) is 84.4 cm³/mol. The van der Waals surface area contributed by atoms with Gasteiger partial charge in [-0.05, 0) is 19.1 Å². The maximum atomic E-state index is 11.6. The first-order valence-electron chi connectivity index (χ1n) is 6.45. The second-order valence-corrected chi connectivity index (χ2v) is 5.71. The van der Waals surface area contributed by atoms with Crippen molar-refractivity contribution in [3.8, 4) is 5.75 Å². The van der Waals surface area contributed by atoms with Gasteiger partial charge in [0.25, 0.3) is 0 Å². The van der Waals surface area contributed by atoms with Crippen molar-refractivity contribution in [1.29, 1.82) is 0 Å². The predicted octanol–water partition coefficient (Wildman–Crippen LogP) is 1.48. The molecule has 7 nitrogen and oxygen atoms in total. The summed E-state index contributed by atoms with van der Waals surface area (Å²) in [5.74, 6) is -0.671. The monoisotopic (exact) mass is 321 g/mol. The van der Waals surface area contributed by atoms with Crippen LogP contribution in [-0.2, 0) is 9.59 Å². The topological polar surface area (TPSA) is 100 Å². The van der Waals surface area contributed by atoms with E-state index in [2.05, 4.69) is 15.5 Å². The van der Waals surface area contributed by atoms with Gasteiger partial charge < -0.3 is 15.2 Å². The van der Waals surface area contributed by atoms with Gasteiger partial charge >= 0.3 is 5.97 Å². The van der Waals surface area contributed by atoms with E-state index in [-0.39, 0.29) is 12.3 Å². The van der Waals surface area contributed by atoms with Crippen molar-refractivity contribution < 1.29 is 19.4 Å². The zero-order valence-electron chi connectivity index (χ0n) is 12.1. The van der Waals surface area contributed by atoms with Gasteiger partial charge in [-0.15, -0.1) is 5.10 Å². The number of benzene rings is 1. The van der Waals surface area contributed by atoms with Gasteiger partial charge in [-0.3, -0.25) is 9.59 Å². The number of aliphatic carboxylic acids is 1. The maximum absolute atomic E-state index is 11.6. The molecule has 1 aromatic carbocycles. The molecule has 1 heterocycles. The molecule has 8 heteroatoms. The van der Waals surface area contributed by atoms with Crippen molar-refractivity contribution in [2.45, 2.75) is 18.6 Å². The van der Waals surface area contributed by atoms with Crippen LogP contribution >= 0.6 is 11.8 Å². The first kappa shape index (κ1) is 16.0. The molecule has 22 heavy (non-hydrogen) atoms. The van der Waals surface area contributed by atoms with Crippen LogP contribution in [0.15, 0.2) is 34.5 Å². The van der Waals surface area contributed by atoms with Crippen LogP contribution in [0.25, 0.3) is 0 Å². The number of ether oxygens (including phenoxy) is 1. The van der Waals surface area contributed by atoms with Crippen molar-refractivity contribution >= 4 is 34.5 Å². The number of carboxylic acid groups (broad SMARTS) is 1. The van der Waals surface area contributed by atoms with Crippen LogP contribution in [0.4, 0.5) is 0 Å². The van der Waals surface area contributed by atoms with Gasteiger partial charge in [0.1, 0.15) is 11.0 Å². The van der Waals surface area contributed by atoms with Crippen LogP contribution in [0.2, 0.25) is 0 Å². The molecule has 2 N–H and O–H groups in total. The van der Waals surface area contributed by atoms with Crippen molar-refractivity contribution in [2.75, 3.05) is 7.11 Å². The molecular formula is C14H15N3O4S. The number of amidine groups is 1. The van der Waals surface area contributed by atoms with Crippen molar-refractivity contribution in [1.82, 2.24) is 5.32 Å². The lowest BCUT2D eigenvalue weighted by atomic mass is 10.1. The molecule has 1 aliphatic rings. The molecule has 0 spiro atoms. The number of carboxylic acids is 1. The lowest BCUT2D eigenvalue weighted by Crippen LogP contribution is -2.26. The third-order valence-corrected chi connectivity index (χ3v) is 3.99.